The van der Waals surface area contributed by atoms with Crippen molar-refractivity contribution in [1.29, 1.82) is 0 Å². The summed E-state index contributed by atoms with van der Waals surface area (Å²) in [6.45, 7) is 1.63. The Bertz CT molecular complexity index is 2260. The summed E-state index contributed by atoms with van der Waals surface area (Å²) >= 11 is 0. The highest BCUT2D eigenvalue weighted by Crippen LogP contribution is 2.33. The summed E-state index contributed by atoms with van der Waals surface area (Å²) in [6.07, 6.45) is 61.1. The molecule has 17 atom stereocenters. The second-order valence-electron chi connectivity index (χ2n) is 29.2. The van der Waals surface area contributed by atoms with Crippen molar-refractivity contribution in [2.75, 3.05) is 26.4 Å². The molecule has 1 amide bonds. The number of aliphatic hydroxyl groups excluding tert-OH is 11. The quantitative estimate of drug-likeness (QED) is 0.0199. The van der Waals surface area contributed by atoms with E-state index in [1.165, 1.54) is 180 Å². The molecule has 0 saturated carbocycles. The lowest BCUT2D eigenvalue weighted by molar-refractivity contribution is -0.379. The van der Waals surface area contributed by atoms with Crippen molar-refractivity contribution in [3.05, 3.63) is 97.2 Å². The molecular weight excluding hydrogens is 1320 g/mol. The van der Waals surface area contributed by atoms with Gasteiger partial charge in [-0.2, -0.15) is 0 Å². The highest BCUT2D eigenvalue weighted by atomic mass is 16.8. The number of hydrogen-bond donors (Lipinski definition) is 12. The number of allylic oxidation sites excluding steroid dienone is 15. The third-order valence-electron chi connectivity index (χ3n) is 20.1. The molecule has 0 aliphatic carbocycles. The zero-order valence-electron chi connectivity index (χ0n) is 64.5. The van der Waals surface area contributed by atoms with Crippen molar-refractivity contribution in [2.45, 2.75) is 407 Å². The maximum absolute atomic E-state index is 13.5. The summed E-state index contributed by atoms with van der Waals surface area (Å²) in [5.41, 5.74) is 0. The van der Waals surface area contributed by atoms with Crippen LogP contribution in [0.3, 0.4) is 0 Å². The average Bonchev–Trinajstić information content (AvgIpc) is 0.781. The Balaban J connectivity index is 1.38. The minimum Gasteiger partial charge on any atom is -0.394 e. The van der Waals surface area contributed by atoms with Crippen molar-refractivity contribution in [3.8, 4) is 0 Å². The van der Waals surface area contributed by atoms with Gasteiger partial charge in [-0.3, -0.25) is 4.79 Å². The minimum absolute atomic E-state index is 0.225. The van der Waals surface area contributed by atoms with Gasteiger partial charge in [0.05, 0.1) is 38.6 Å². The molecule has 0 radical (unpaired) electrons. The third-order valence-corrected chi connectivity index (χ3v) is 20.1. The molecular formula is C85H149NO18. The Morgan fingerprint density at radius 3 is 1.08 bits per heavy atom. The molecule has 3 aliphatic heterocycles. The van der Waals surface area contributed by atoms with Crippen LogP contribution < -0.4 is 5.32 Å². The monoisotopic (exact) mass is 1470 g/mol. The van der Waals surface area contributed by atoms with Crippen LogP contribution in [0.5, 0.6) is 0 Å². The van der Waals surface area contributed by atoms with Crippen LogP contribution in [0.1, 0.15) is 303 Å². The van der Waals surface area contributed by atoms with Crippen LogP contribution in [-0.2, 0) is 33.2 Å². The van der Waals surface area contributed by atoms with Crippen LogP contribution in [-0.4, -0.2) is 193 Å². The van der Waals surface area contributed by atoms with Gasteiger partial charge in [0.2, 0.25) is 5.91 Å². The Morgan fingerprint density at radius 1 is 0.356 bits per heavy atom. The van der Waals surface area contributed by atoms with Gasteiger partial charge in [-0.05, 0) is 83.5 Å². The molecule has 3 rings (SSSR count). The predicted octanol–water partition coefficient (Wildman–Crippen LogP) is 14.3. The average molecular weight is 1470 g/mol. The van der Waals surface area contributed by atoms with Crippen molar-refractivity contribution in [2.24, 2.45) is 0 Å². The maximum Gasteiger partial charge on any atom is 0.220 e. The molecule has 3 aliphatic rings. The number of amides is 1. The molecule has 19 nitrogen and oxygen atoms in total. The maximum atomic E-state index is 13.5. The SMILES string of the molecule is CC/C=C\C/C=C\C/C=C\C/C=C\C/C=C\C/C=C\CCCCCCCCCCCCC(=O)NC(COC1OC(CO)C(OC2OC(CO)C(OC3OC(CO)C(O)C(O)C3O)C(O)C2O)C(O)C1O)C(O)/C=C/CC/C=C/CCCCCCCCCCCCCCCCCCCCCCCCCC. The summed E-state index contributed by atoms with van der Waals surface area (Å²) in [4.78, 5) is 13.5. The number of carbonyl (C=O) groups excluding carboxylic acids is 1. The Morgan fingerprint density at radius 2 is 0.673 bits per heavy atom. The summed E-state index contributed by atoms with van der Waals surface area (Å²) in [7, 11) is 0. The summed E-state index contributed by atoms with van der Waals surface area (Å²) in [6, 6.07) is -1.00. The third kappa shape index (κ3) is 43.8. The van der Waals surface area contributed by atoms with Crippen molar-refractivity contribution >= 4 is 5.91 Å². The summed E-state index contributed by atoms with van der Waals surface area (Å²) in [5, 5.41) is 121. The van der Waals surface area contributed by atoms with E-state index in [9.17, 15) is 61.0 Å². The van der Waals surface area contributed by atoms with Gasteiger partial charge in [0.1, 0.15) is 73.2 Å². The van der Waals surface area contributed by atoms with Gasteiger partial charge in [0.25, 0.3) is 0 Å². The zero-order valence-corrected chi connectivity index (χ0v) is 64.5. The Kier molecular flexibility index (Phi) is 58.9. The van der Waals surface area contributed by atoms with Crippen LogP contribution in [0.4, 0.5) is 0 Å². The molecule has 3 saturated heterocycles. The fraction of sp³-hybridized carbons (Fsp3) is 0.800. The molecule has 104 heavy (non-hydrogen) atoms. The van der Waals surface area contributed by atoms with E-state index in [-0.39, 0.29) is 18.9 Å². The van der Waals surface area contributed by atoms with Gasteiger partial charge in [-0.15, -0.1) is 0 Å². The van der Waals surface area contributed by atoms with Crippen LogP contribution in [0.15, 0.2) is 97.2 Å². The zero-order chi connectivity index (χ0) is 75.3. The molecule has 12 N–H and O–H groups in total. The van der Waals surface area contributed by atoms with Gasteiger partial charge in [-0.1, -0.05) is 310 Å². The van der Waals surface area contributed by atoms with Gasteiger partial charge >= 0.3 is 0 Å². The van der Waals surface area contributed by atoms with Crippen LogP contribution in [0.2, 0.25) is 0 Å². The van der Waals surface area contributed by atoms with E-state index in [1.807, 2.05) is 6.08 Å². The Labute approximate surface area is 628 Å². The van der Waals surface area contributed by atoms with E-state index in [4.69, 9.17) is 28.4 Å². The van der Waals surface area contributed by atoms with Gasteiger partial charge < -0.3 is 89.9 Å². The first-order chi connectivity index (χ1) is 50.8. The molecule has 0 bridgehead atoms. The molecule has 0 aromatic rings. The summed E-state index contributed by atoms with van der Waals surface area (Å²) < 4.78 is 34.5. The molecule has 0 spiro atoms. The van der Waals surface area contributed by atoms with E-state index in [0.717, 1.165) is 89.9 Å². The number of aliphatic hydroxyl groups is 11. The first kappa shape index (κ1) is 94.9. The first-order valence-corrected chi connectivity index (χ1v) is 41.5. The van der Waals surface area contributed by atoms with Gasteiger partial charge in [0, 0.05) is 6.42 Å². The topological polar surface area (TPSA) is 307 Å². The van der Waals surface area contributed by atoms with E-state index < -0.39 is 124 Å². The number of nitrogens with one attached hydrogen (secondary N) is 1. The van der Waals surface area contributed by atoms with Crippen LogP contribution in [0, 0.1) is 0 Å². The number of ether oxygens (including phenoxy) is 6. The number of rotatable bonds is 65. The first-order valence-electron chi connectivity index (χ1n) is 41.5. The number of carbonyl (C=O) groups is 1. The van der Waals surface area contributed by atoms with Crippen LogP contribution >= 0.6 is 0 Å². The fourth-order valence-corrected chi connectivity index (χ4v) is 13.5. The molecule has 602 valence electrons. The normalized spacial score (nSPS) is 26.4. The molecule has 0 aromatic heterocycles. The second-order valence-corrected chi connectivity index (χ2v) is 29.2. The van der Waals surface area contributed by atoms with E-state index >= 15 is 0 Å². The lowest BCUT2D eigenvalue weighted by Gasteiger charge is -2.48. The van der Waals surface area contributed by atoms with Crippen LogP contribution in [0.25, 0.3) is 0 Å². The molecule has 3 fully saturated rings. The lowest BCUT2D eigenvalue weighted by atomic mass is 9.96. The summed E-state index contributed by atoms with van der Waals surface area (Å²) in [5.74, 6) is -0.291. The van der Waals surface area contributed by atoms with E-state index in [0.29, 0.717) is 12.8 Å². The highest BCUT2D eigenvalue weighted by molar-refractivity contribution is 5.76. The lowest BCUT2D eigenvalue weighted by Crippen LogP contribution is -2.66. The van der Waals surface area contributed by atoms with E-state index in [2.05, 4.69) is 104 Å². The van der Waals surface area contributed by atoms with Gasteiger partial charge in [0.15, 0.2) is 18.9 Å². The molecule has 3 heterocycles. The van der Waals surface area contributed by atoms with Crippen molar-refractivity contribution < 1.29 is 89.4 Å². The van der Waals surface area contributed by atoms with E-state index in [1.54, 1.807) is 6.08 Å². The van der Waals surface area contributed by atoms with Gasteiger partial charge in [-0.25, -0.2) is 0 Å². The number of hydrogen-bond acceptors (Lipinski definition) is 18. The largest absolute Gasteiger partial charge is 0.394 e. The second kappa shape index (κ2) is 64.5. The predicted molar refractivity (Wildman–Crippen MR) is 415 cm³/mol. The molecule has 0 aromatic carbocycles. The smallest absolute Gasteiger partial charge is 0.220 e. The molecule has 17 unspecified atom stereocenters. The molecule has 19 heteroatoms. The standard InChI is InChI=1S/C85H149NO18/c1-3-5-7-9-11-13-15-17-19-21-23-25-27-29-31-33-35-36-38-40-42-44-46-48-50-52-54-56-58-60-62-69(90)68(86-73(91)63-61-59-57-55-53-51-49-47-45-43-41-39-37-34-32-30-28-26-24-22-20-18-16-14-12-10-8-6-4-2)67-99-83-79(97)76(94)81(71(65-88)101-83)104-85-80(98)77(95)82(72(66-89)102-85)103-84-78(96)75(93)74(92)70(64-87)100-84/h6,8,12,14,18,20,24,26,30,32,37,39,52,54,60,62,68-72,74-85,87-90,92-98H,3-5,7,9-11,13,15-17,19,21-23,25,27-29,31,33-36,38,40-51,53,55-59,61,63-67H2,1-2H3,(H,86,91)/b8-6-,14-12-,20-18-,26-24-,32-30-,39-37-,54-52+,62-60+. The Hall–Kier alpha value is -3.29. The number of unbranched alkanes of at least 4 members (excludes halogenated alkanes) is 35. The van der Waals surface area contributed by atoms with Crippen molar-refractivity contribution in [3.63, 3.8) is 0 Å². The fourth-order valence-electron chi connectivity index (χ4n) is 13.5. The highest BCUT2D eigenvalue weighted by Gasteiger charge is 2.54. The minimum atomic E-state index is -1.99. The van der Waals surface area contributed by atoms with Crippen molar-refractivity contribution in [1.82, 2.24) is 5.32 Å².